The fourth-order valence-electron chi connectivity index (χ4n) is 0.644. The number of halogens is 2. The maximum atomic E-state index is 10.3. The lowest BCUT2D eigenvalue weighted by Gasteiger charge is -2.03. The zero-order chi connectivity index (χ0) is 17.8. The molecular weight excluding hydrogens is 325 g/mol. The molecule has 0 saturated carbocycles. The number of carboxylic acid groups (broad SMARTS) is 1. The molecule has 0 aliphatic carbocycles. The number of aliphatic carboxylic acids is 1. The Morgan fingerprint density at radius 2 is 1.41 bits per heavy atom. The summed E-state index contributed by atoms with van der Waals surface area (Å²) in [4.78, 5) is 20.1. The first kappa shape index (κ1) is 32.8. The second-order valence-electron chi connectivity index (χ2n) is 3.16. The molecule has 12 heteroatoms. The number of rotatable bonds is 6. The van der Waals surface area contributed by atoms with Crippen LogP contribution in [0, 0.1) is 0 Å². The minimum absolute atomic E-state index is 0. The van der Waals surface area contributed by atoms with Crippen LogP contribution in [0.5, 0.6) is 0 Å². The molecule has 9 nitrogen and oxygen atoms in total. The van der Waals surface area contributed by atoms with Gasteiger partial charge in [0, 0.05) is 20.2 Å². The first-order valence-corrected chi connectivity index (χ1v) is 5.58. The molecule has 0 amide bonds. The van der Waals surface area contributed by atoms with E-state index in [1.54, 1.807) is 0 Å². The molecule has 0 heterocycles. The summed E-state index contributed by atoms with van der Waals surface area (Å²) in [7, 11) is 5.27. The topological polar surface area (TPSA) is 176 Å². The van der Waals surface area contributed by atoms with Gasteiger partial charge in [0.25, 0.3) is 0 Å². The molecule has 0 rings (SSSR count). The largest absolute Gasteiger partial charge is 0.481 e. The average Bonchev–Trinajstić information content (AvgIpc) is 2.50. The second kappa shape index (κ2) is 28.2. The van der Waals surface area contributed by atoms with E-state index in [2.05, 4.69) is 12.9 Å². The molecule has 0 aromatic carbocycles. The highest BCUT2D eigenvalue weighted by molar-refractivity contribution is 5.96. The quantitative estimate of drug-likeness (QED) is 0.227. The highest BCUT2D eigenvalue weighted by Gasteiger charge is 2.07. The Balaban J connectivity index is -0.0000000689. The number of aliphatic hydroxyl groups is 3. The van der Waals surface area contributed by atoms with Crippen LogP contribution in [0.1, 0.15) is 12.8 Å². The molecular formula is C10H25BClFN2O7. The van der Waals surface area contributed by atoms with Gasteiger partial charge in [-0.25, -0.2) is 0 Å². The Morgan fingerprint density at radius 3 is 1.59 bits per heavy atom. The van der Waals surface area contributed by atoms with E-state index < -0.39 is 24.1 Å². The number of methoxy groups -OCH3 is 1. The van der Waals surface area contributed by atoms with Gasteiger partial charge in [-0.2, -0.15) is 0 Å². The van der Waals surface area contributed by atoms with Crippen LogP contribution in [-0.2, 0) is 14.3 Å². The van der Waals surface area contributed by atoms with Gasteiger partial charge in [-0.15, -0.1) is 12.4 Å². The van der Waals surface area contributed by atoms with Crippen LogP contribution in [0.4, 0.5) is 4.32 Å². The second-order valence-corrected chi connectivity index (χ2v) is 3.16. The van der Waals surface area contributed by atoms with Crippen LogP contribution in [0.15, 0.2) is 0 Å². The van der Waals surface area contributed by atoms with E-state index in [-0.39, 0.29) is 38.3 Å². The van der Waals surface area contributed by atoms with Gasteiger partial charge in [0.1, 0.15) is 0 Å². The standard InChI is InChI=1S/C5H11NO3.C4H9NO3.CH4O.BF.ClH/c1-9-5(8)2-4(7)3-6;5-2-3(6)1-4(7)8;2*1-2;/h4,7H,2-3,6H2,1H3;3,6H,1-2,5H2,(H,7,8);2H,1H3;;1H. The summed E-state index contributed by atoms with van der Waals surface area (Å²) in [6, 6.07) is 0. The number of carbonyl (C=O) groups is 2. The normalized spacial score (nSPS) is 10.5. The number of ether oxygens (including phenoxy) is 1. The van der Waals surface area contributed by atoms with Gasteiger partial charge in [0.2, 0.25) is 0 Å². The van der Waals surface area contributed by atoms with Gasteiger partial charge in [0.05, 0.1) is 32.2 Å². The van der Waals surface area contributed by atoms with Gasteiger partial charge in [0.15, 0.2) is 0 Å². The molecule has 8 N–H and O–H groups in total. The van der Waals surface area contributed by atoms with Gasteiger partial charge < -0.3 is 40.9 Å². The molecule has 134 valence electrons. The number of carboxylic acids is 1. The third kappa shape index (κ3) is 36.4. The van der Waals surface area contributed by atoms with Crippen molar-refractivity contribution in [1.29, 1.82) is 0 Å². The fraction of sp³-hybridized carbons (Fsp3) is 0.800. The molecule has 0 aliphatic heterocycles. The molecule has 22 heavy (non-hydrogen) atoms. The summed E-state index contributed by atoms with van der Waals surface area (Å²) < 4.78 is 13.3. The minimum atomic E-state index is -1.03. The van der Waals surface area contributed by atoms with E-state index in [1.165, 1.54) is 7.11 Å². The third-order valence-corrected chi connectivity index (χ3v) is 1.58. The van der Waals surface area contributed by atoms with E-state index in [4.69, 9.17) is 36.2 Å². The van der Waals surface area contributed by atoms with Gasteiger partial charge >= 0.3 is 20.1 Å². The smallest absolute Gasteiger partial charge is 0.350 e. The predicted molar refractivity (Wildman–Crippen MR) is 81.3 cm³/mol. The summed E-state index contributed by atoms with van der Waals surface area (Å²) in [5, 5.41) is 32.3. The number of nitrogens with two attached hydrogens (primary N) is 2. The molecule has 2 unspecified atom stereocenters. The van der Waals surface area contributed by atoms with Crippen LogP contribution in [0.25, 0.3) is 0 Å². The number of esters is 1. The number of aliphatic hydroxyl groups excluding tert-OH is 3. The minimum Gasteiger partial charge on any atom is -0.481 e. The van der Waals surface area contributed by atoms with Crippen molar-refractivity contribution in [3.8, 4) is 0 Å². The van der Waals surface area contributed by atoms with Crippen molar-refractivity contribution in [3.05, 3.63) is 0 Å². The van der Waals surface area contributed by atoms with Crippen molar-refractivity contribution in [2.24, 2.45) is 11.5 Å². The van der Waals surface area contributed by atoms with Crippen molar-refractivity contribution < 1.29 is 39.1 Å². The Bertz CT molecular complexity index is 243. The van der Waals surface area contributed by atoms with Crippen LogP contribution < -0.4 is 11.5 Å². The monoisotopic (exact) mass is 350 g/mol. The van der Waals surface area contributed by atoms with Gasteiger partial charge in [-0.05, 0) is 0 Å². The Kier molecular flexibility index (Phi) is 42.1. The van der Waals surface area contributed by atoms with Crippen LogP contribution in [0.3, 0.4) is 0 Å². The summed E-state index contributed by atoms with van der Waals surface area (Å²) in [5.41, 5.74) is 9.92. The van der Waals surface area contributed by atoms with E-state index in [0.717, 1.165) is 7.11 Å². The van der Waals surface area contributed by atoms with Crippen molar-refractivity contribution in [3.63, 3.8) is 0 Å². The lowest BCUT2D eigenvalue weighted by Crippen LogP contribution is -2.23. The fourth-order valence-corrected chi connectivity index (χ4v) is 0.644. The van der Waals surface area contributed by atoms with Crippen molar-refractivity contribution in [1.82, 2.24) is 0 Å². The molecule has 0 aromatic rings. The van der Waals surface area contributed by atoms with Crippen molar-refractivity contribution in [2.45, 2.75) is 25.0 Å². The molecule has 0 aliphatic rings. The predicted octanol–water partition coefficient (Wildman–Crippen LogP) is -2.28. The van der Waals surface area contributed by atoms with E-state index in [1.807, 2.05) is 0 Å². The van der Waals surface area contributed by atoms with Crippen molar-refractivity contribution in [2.75, 3.05) is 27.3 Å². The molecule has 0 bridgehead atoms. The third-order valence-electron chi connectivity index (χ3n) is 1.58. The zero-order valence-corrected chi connectivity index (χ0v) is 13.3. The van der Waals surface area contributed by atoms with Gasteiger partial charge in [-0.1, -0.05) is 0 Å². The molecule has 2 radical (unpaired) electrons. The van der Waals surface area contributed by atoms with E-state index in [9.17, 15) is 9.59 Å². The first-order valence-electron chi connectivity index (χ1n) is 5.58. The molecule has 0 aromatic heterocycles. The number of hydrogen-bond donors (Lipinski definition) is 6. The highest BCUT2D eigenvalue weighted by Crippen LogP contribution is 1.89. The molecule has 2 atom stereocenters. The maximum absolute atomic E-state index is 10.3. The zero-order valence-electron chi connectivity index (χ0n) is 12.5. The first-order chi connectivity index (χ1) is 9.87. The summed E-state index contributed by atoms with van der Waals surface area (Å²) in [6.45, 7) is 0.0986. The summed E-state index contributed by atoms with van der Waals surface area (Å²) >= 11 is 0. The Morgan fingerprint density at radius 1 is 1.09 bits per heavy atom. The van der Waals surface area contributed by atoms with Crippen LogP contribution in [-0.4, -0.2) is 80.0 Å². The Hall–Kier alpha value is -0.975. The Labute approximate surface area is 136 Å². The summed E-state index contributed by atoms with van der Waals surface area (Å²) in [5.74, 6) is -1.46. The lowest BCUT2D eigenvalue weighted by molar-refractivity contribution is -0.142. The van der Waals surface area contributed by atoms with E-state index >= 15 is 0 Å². The maximum Gasteiger partial charge on any atom is 0.350 e. The van der Waals surface area contributed by atoms with Crippen LogP contribution in [0.2, 0.25) is 0 Å². The molecule has 0 saturated heterocycles. The highest BCUT2D eigenvalue weighted by atomic mass is 35.5. The SMILES string of the molecule is CO.COC(=O)CC(O)CN.Cl.NCC(O)CC(=O)O.[B]F. The van der Waals surface area contributed by atoms with Gasteiger partial charge in [-0.3, -0.25) is 9.59 Å². The van der Waals surface area contributed by atoms with Crippen molar-refractivity contribution >= 4 is 32.5 Å². The average molecular weight is 351 g/mol. The molecule has 0 fully saturated rings. The van der Waals surface area contributed by atoms with E-state index in [0.29, 0.717) is 0 Å². The lowest BCUT2D eigenvalue weighted by atomic mass is 10.2. The number of hydrogen-bond acceptors (Lipinski definition) is 8. The number of carbonyl (C=O) groups excluding carboxylic acids is 1. The summed E-state index contributed by atoms with van der Waals surface area (Å²) in [6.07, 6.45) is -1.95. The molecule has 0 spiro atoms. The van der Waals surface area contributed by atoms with Crippen LogP contribution >= 0.6 is 12.4 Å².